The van der Waals surface area contributed by atoms with Gasteiger partial charge in [0.15, 0.2) is 0 Å². The van der Waals surface area contributed by atoms with Crippen molar-refractivity contribution in [3.8, 4) is 11.3 Å². The van der Waals surface area contributed by atoms with E-state index in [1.165, 1.54) is 0 Å². The molecule has 4 heteroatoms. The second-order valence-corrected chi connectivity index (χ2v) is 3.44. The van der Waals surface area contributed by atoms with E-state index in [0.717, 1.165) is 16.8 Å². The van der Waals surface area contributed by atoms with Gasteiger partial charge in [0.1, 0.15) is 0 Å². The molecular formula is C11H12N4. The number of aryl methyl sites for hydroxylation is 1. The first-order valence-electron chi connectivity index (χ1n) is 4.60. The average Bonchev–Trinajstić information content (AvgIpc) is 2.17. The molecule has 0 bridgehead atoms. The van der Waals surface area contributed by atoms with Crippen LogP contribution in [0.3, 0.4) is 0 Å². The first kappa shape index (κ1) is 9.45. The van der Waals surface area contributed by atoms with Crippen LogP contribution in [0.2, 0.25) is 0 Å². The fraction of sp³-hybridized carbons (Fsp3) is 0.0909. The highest BCUT2D eigenvalue weighted by molar-refractivity contribution is 5.66. The molecule has 0 aliphatic carbocycles. The van der Waals surface area contributed by atoms with E-state index >= 15 is 0 Å². The highest BCUT2D eigenvalue weighted by atomic mass is 14.7. The Bertz CT molecular complexity index is 494. The number of nitrogen functional groups attached to an aromatic ring is 2. The van der Waals surface area contributed by atoms with Gasteiger partial charge >= 0.3 is 0 Å². The van der Waals surface area contributed by atoms with Crippen molar-refractivity contribution in [1.29, 1.82) is 0 Å². The van der Waals surface area contributed by atoms with Gasteiger partial charge < -0.3 is 11.5 Å². The summed E-state index contributed by atoms with van der Waals surface area (Å²) in [6.45, 7) is 1.96. The van der Waals surface area contributed by atoms with Gasteiger partial charge in [0.25, 0.3) is 0 Å². The highest BCUT2D eigenvalue weighted by Gasteiger charge is 2.04. The molecule has 4 N–H and O–H groups in total. The fourth-order valence-corrected chi connectivity index (χ4v) is 1.49. The maximum Gasteiger partial charge on any atom is 0.0749 e. The fourth-order valence-electron chi connectivity index (χ4n) is 1.49. The Morgan fingerprint density at radius 3 is 2.40 bits per heavy atom. The Morgan fingerprint density at radius 2 is 1.73 bits per heavy atom. The van der Waals surface area contributed by atoms with Crippen molar-refractivity contribution in [2.45, 2.75) is 6.92 Å². The minimum Gasteiger partial charge on any atom is -0.397 e. The third-order valence-corrected chi connectivity index (χ3v) is 2.13. The molecule has 0 aliphatic heterocycles. The minimum absolute atomic E-state index is 0.630. The predicted octanol–water partition coefficient (Wildman–Crippen LogP) is 1.62. The summed E-state index contributed by atoms with van der Waals surface area (Å²) in [6.07, 6.45) is 4.98. The second-order valence-electron chi connectivity index (χ2n) is 3.44. The van der Waals surface area contributed by atoms with Gasteiger partial charge in [0.05, 0.1) is 23.3 Å². The van der Waals surface area contributed by atoms with Gasteiger partial charge in [-0.25, -0.2) is 0 Å². The lowest BCUT2D eigenvalue weighted by Gasteiger charge is -2.05. The molecule has 2 heterocycles. The molecule has 0 spiro atoms. The van der Waals surface area contributed by atoms with Crippen molar-refractivity contribution in [3.63, 3.8) is 0 Å². The largest absolute Gasteiger partial charge is 0.397 e. The van der Waals surface area contributed by atoms with Crippen molar-refractivity contribution in [2.75, 3.05) is 11.5 Å². The number of pyridine rings is 2. The molecule has 0 aliphatic rings. The second kappa shape index (κ2) is 3.57. The van der Waals surface area contributed by atoms with Crippen LogP contribution in [0.15, 0.2) is 30.7 Å². The number of rotatable bonds is 1. The molecular weight excluding hydrogens is 188 g/mol. The predicted molar refractivity (Wildman–Crippen MR) is 61.0 cm³/mol. The van der Waals surface area contributed by atoms with Crippen molar-refractivity contribution >= 4 is 11.4 Å². The van der Waals surface area contributed by atoms with Crippen LogP contribution in [0.25, 0.3) is 11.3 Å². The standard InChI is InChI=1S/C11H12N4/c1-7-2-9(12)6-15-11(7)8-3-10(13)5-14-4-8/h2-6H,12-13H2,1H3. The van der Waals surface area contributed by atoms with Gasteiger partial charge in [-0.15, -0.1) is 0 Å². The van der Waals surface area contributed by atoms with Crippen molar-refractivity contribution in [1.82, 2.24) is 9.97 Å². The Labute approximate surface area is 88.0 Å². The van der Waals surface area contributed by atoms with E-state index in [1.54, 1.807) is 18.6 Å². The lowest BCUT2D eigenvalue weighted by Crippen LogP contribution is -1.94. The number of hydrogen-bond acceptors (Lipinski definition) is 4. The van der Waals surface area contributed by atoms with E-state index in [-0.39, 0.29) is 0 Å². The SMILES string of the molecule is Cc1cc(N)cnc1-c1cncc(N)c1. The van der Waals surface area contributed by atoms with E-state index in [2.05, 4.69) is 9.97 Å². The molecule has 0 saturated carbocycles. The zero-order valence-electron chi connectivity index (χ0n) is 8.44. The molecule has 0 aromatic carbocycles. The van der Waals surface area contributed by atoms with Crippen LogP contribution in [0.5, 0.6) is 0 Å². The number of nitrogens with two attached hydrogens (primary N) is 2. The zero-order chi connectivity index (χ0) is 10.8. The molecule has 0 fully saturated rings. The van der Waals surface area contributed by atoms with E-state index in [0.29, 0.717) is 11.4 Å². The summed E-state index contributed by atoms with van der Waals surface area (Å²) >= 11 is 0. The molecule has 76 valence electrons. The molecule has 0 unspecified atom stereocenters. The summed E-state index contributed by atoms with van der Waals surface area (Å²) in [4.78, 5) is 8.30. The van der Waals surface area contributed by atoms with E-state index in [9.17, 15) is 0 Å². The third-order valence-electron chi connectivity index (χ3n) is 2.13. The Kier molecular flexibility index (Phi) is 2.25. The number of nitrogens with zero attached hydrogens (tertiary/aromatic N) is 2. The average molecular weight is 200 g/mol. The first-order valence-corrected chi connectivity index (χ1v) is 4.60. The molecule has 0 atom stereocenters. The van der Waals surface area contributed by atoms with Crippen LogP contribution in [0.4, 0.5) is 11.4 Å². The summed E-state index contributed by atoms with van der Waals surface area (Å²) in [5, 5.41) is 0. The van der Waals surface area contributed by atoms with Crippen LogP contribution in [0.1, 0.15) is 5.56 Å². The normalized spacial score (nSPS) is 10.2. The molecule has 4 nitrogen and oxygen atoms in total. The monoisotopic (exact) mass is 200 g/mol. The van der Waals surface area contributed by atoms with E-state index in [4.69, 9.17) is 11.5 Å². The maximum absolute atomic E-state index is 5.66. The van der Waals surface area contributed by atoms with Gasteiger partial charge in [0, 0.05) is 18.0 Å². The molecule has 2 aromatic rings. The quantitative estimate of drug-likeness (QED) is 0.733. The Hall–Kier alpha value is -2.10. The van der Waals surface area contributed by atoms with Gasteiger partial charge in [-0.2, -0.15) is 0 Å². The Morgan fingerprint density at radius 1 is 1.00 bits per heavy atom. The van der Waals surface area contributed by atoms with Crippen molar-refractivity contribution in [3.05, 3.63) is 36.3 Å². The van der Waals surface area contributed by atoms with Crippen LogP contribution >= 0.6 is 0 Å². The summed E-state index contributed by atoms with van der Waals surface area (Å²) in [5.41, 5.74) is 15.4. The molecule has 15 heavy (non-hydrogen) atoms. The number of aromatic nitrogens is 2. The van der Waals surface area contributed by atoms with Crippen LogP contribution in [-0.2, 0) is 0 Å². The zero-order valence-corrected chi connectivity index (χ0v) is 8.44. The van der Waals surface area contributed by atoms with Gasteiger partial charge in [-0.05, 0) is 24.6 Å². The lowest BCUT2D eigenvalue weighted by atomic mass is 10.1. The van der Waals surface area contributed by atoms with Gasteiger partial charge in [-0.3, -0.25) is 9.97 Å². The third kappa shape index (κ3) is 1.88. The summed E-state index contributed by atoms with van der Waals surface area (Å²) in [5.74, 6) is 0. The number of anilines is 2. The van der Waals surface area contributed by atoms with Crippen molar-refractivity contribution < 1.29 is 0 Å². The van der Waals surface area contributed by atoms with Crippen LogP contribution < -0.4 is 11.5 Å². The Balaban J connectivity index is 2.54. The van der Waals surface area contributed by atoms with Crippen LogP contribution in [-0.4, -0.2) is 9.97 Å². The van der Waals surface area contributed by atoms with Gasteiger partial charge in [-0.1, -0.05) is 0 Å². The lowest BCUT2D eigenvalue weighted by molar-refractivity contribution is 1.25. The molecule has 2 rings (SSSR count). The smallest absolute Gasteiger partial charge is 0.0749 e. The maximum atomic E-state index is 5.66. The summed E-state index contributed by atoms with van der Waals surface area (Å²) in [6, 6.07) is 3.73. The topological polar surface area (TPSA) is 77.8 Å². The van der Waals surface area contributed by atoms with Crippen LogP contribution in [0, 0.1) is 6.92 Å². The summed E-state index contributed by atoms with van der Waals surface area (Å²) < 4.78 is 0. The highest BCUT2D eigenvalue weighted by Crippen LogP contribution is 2.22. The first-order chi connectivity index (χ1) is 7.16. The van der Waals surface area contributed by atoms with E-state index in [1.807, 2.05) is 19.1 Å². The van der Waals surface area contributed by atoms with E-state index < -0.39 is 0 Å². The number of hydrogen-bond donors (Lipinski definition) is 2. The molecule has 0 radical (unpaired) electrons. The molecule has 0 saturated heterocycles. The minimum atomic E-state index is 0.630. The summed E-state index contributed by atoms with van der Waals surface area (Å²) in [7, 11) is 0. The van der Waals surface area contributed by atoms with Crippen molar-refractivity contribution in [2.24, 2.45) is 0 Å². The molecule has 2 aromatic heterocycles. The molecule has 0 amide bonds. The van der Waals surface area contributed by atoms with Gasteiger partial charge in [0.2, 0.25) is 0 Å².